The molecule has 0 unspecified atom stereocenters. The predicted octanol–water partition coefficient (Wildman–Crippen LogP) is 4.10. The molecule has 1 aromatic carbocycles. The van der Waals surface area contributed by atoms with E-state index < -0.39 is 40.1 Å². The van der Waals surface area contributed by atoms with Crippen LogP contribution in [-0.2, 0) is 24.3 Å². The number of nitrogens with one attached hydrogen (secondary N) is 1. The van der Waals surface area contributed by atoms with Crippen molar-refractivity contribution in [2.45, 2.75) is 77.2 Å². The lowest BCUT2D eigenvalue weighted by atomic mass is 9.91. The Morgan fingerprint density at radius 3 is 2.38 bits per heavy atom. The first-order chi connectivity index (χ1) is 22.2. The third-order valence-electron chi connectivity index (χ3n) is 9.31. The number of piperazine rings is 1. The fourth-order valence-electron chi connectivity index (χ4n) is 6.32. The number of amides is 1. The summed E-state index contributed by atoms with van der Waals surface area (Å²) in [7, 11) is -1.22. The number of carbonyl (C=O) groups is 2. The lowest BCUT2D eigenvalue weighted by Crippen LogP contribution is -2.48. The Bertz CT molecular complexity index is 1400. The highest BCUT2D eigenvalue weighted by molar-refractivity contribution is 7.88. The van der Waals surface area contributed by atoms with E-state index in [2.05, 4.69) is 10.2 Å². The third kappa shape index (κ3) is 11.0. The van der Waals surface area contributed by atoms with E-state index in [9.17, 15) is 27.5 Å². The summed E-state index contributed by atoms with van der Waals surface area (Å²) in [5.41, 5.74) is 1.83. The van der Waals surface area contributed by atoms with Gasteiger partial charge in [0.2, 0.25) is 10.0 Å². The number of hydrogen-bond donors (Lipinski definition) is 2. The van der Waals surface area contributed by atoms with Crippen molar-refractivity contribution in [3.8, 4) is 0 Å². The van der Waals surface area contributed by atoms with Crippen LogP contribution in [0.2, 0.25) is 0 Å². The number of aliphatic hydroxyl groups is 1. The number of anilines is 1. The number of sulfonamides is 1. The van der Waals surface area contributed by atoms with E-state index in [-0.39, 0.29) is 30.4 Å². The SMILES string of the molecule is C/C(=C\c1cc(F)cc(NC2CCN(S(C)(=O)=O)CC2)c1)[C@H]1OC(=O)C[C@H](O)CC[C@H](C)[C@@H](OC(=O)N2CCN(C)CC2)/C=C\[C@@H]1C. The van der Waals surface area contributed by atoms with Gasteiger partial charge in [-0.05, 0) is 81.0 Å². The van der Waals surface area contributed by atoms with E-state index in [0.717, 1.165) is 13.1 Å². The second-order valence-corrected chi connectivity index (χ2v) is 15.4. The number of carbonyl (C=O) groups excluding carboxylic acids is 2. The average molecular weight is 679 g/mol. The minimum atomic E-state index is -3.24. The van der Waals surface area contributed by atoms with Crippen molar-refractivity contribution >= 4 is 33.8 Å². The smallest absolute Gasteiger partial charge is 0.410 e. The molecule has 5 atom stereocenters. The van der Waals surface area contributed by atoms with Gasteiger partial charge in [-0.2, -0.15) is 0 Å². The predicted molar refractivity (Wildman–Crippen MR) is 180 cm³/mol. The van der Waals surface area contributed by atoms with Crippen LogP contribution in [0.5, 0.6) is 0 Å². The summed E-state index contributed by atoms with van der Waals surface area (Å²) in [5.74, 6) is -1.38. The van der Waals surface area contributed by atoms with Crippen molar-refractivity contribution in [3.63, 3.8) is 0 Å². The van der Waals surface area contributed by atoms with E-state index >= 15 is 0 Å². The molecule has 0 radical (unpaired) electrons. The molecule has 3 aliphatic heterocycles. The van der Waals surface area contributed by atoms with Gasteiger partial charge in [-0.1, -0.05) is 26.0 Å². The summed E-state index contributed by atoms with van der Waals surface area (Å²) >= 11 is 0. The van der Waals surface area contributed by atoms with Crippen molar-refractivity contribution in [1.82, 2.24) is 14.1 Å². The van der Waals surface area contributed by atoms with Gasteiger partial charge in [0, 0.05) is 56.9 Å². The standard InChI is InChI=1S/C34H51FN4O7S/c1-23-6-8-30(40)22-32(41)46-33(24(2)7-9-31(23)45-34(42)38-16-14-37(4)15-17-38)25(3)18-26-19-27(35)21-29(20-26)36-28-10-12-39(13-11-28)47(5,43)44/h7,9,18-21,23-24,28,30-31,33,36,40H,6,8,10-17,22H2,1-5H3/b9-7-,25-18+/t23-,24-,30+,31-,33-/m0/s1. The fraction of sp³-hybridized carbons (Fsp3) is 0.647. The van der Waals surface area contributed by atoms with Crippen LogP contribution in [0.25, 0.3) is 6.08 Å². The summed E-state index contributed by atoms with van der Waals surface area (Å²) in [6.07, 6.45) is 6.18. The minimum Gasteiger partial charge on any atom is -0.457 e. The van der Waals surface area contributed by atoms with Gasteiger partial charge in [0.05, 0.1) is 18.8 Å². The summed E-state index contributed by atoms with van der Waals surface area (Å²) in [4.78, 5) is 29.8. The highest BCUT2D eigenvalue weighted by Crippen LogP contribution is 2.27. The average Bonchev–Trinajstić information content (AvgIpc) is 2.99. The van der Waals surface area contributed by atoms with Crippen LogP contribution >= 0.6 is 0 Å². The molecule has 3 heterocycles. The molecule has 47 heavy (non-hydrogen) atoms. The maximum Gasteiger partial charge on any atom is 0.410 e. The molecular formula is C34H51FN4O7S. The van der Waals surface area contributed by atoms with Gasteiger partial charge in [0.25, 0.3) is 0 Å². The molecule has 3 aliphatic rings. The maximum atomic E-state index is 14.8. The summed E-state index contributed by atoms with van der Waals surface area (Å²) in [6.45, 7) is 9.24. The first kappa shape index (κ1) is 36.8. The molecule has 4 rings (SSSR count). The zero-order chi connectivity index (χ0) is 34.3. The van der Waals surface area contributed by atoms with Gasteiger partial charge in [-0.15, -0.1) is 0 Å². The molecular weight excluding hydrogens is 627 g/mol. The lowest BCUT2D eigenvalue weighted by molar-refractivity contribution is -0.151. The summed E-state index contributed by atoms with van der Waals surface area (Å²) < 4.78 is 51.9. The van der Waals surface area contributed by atoms with E-state index in [0.29, 0.717) is 68.7 Å². The number of aliphatic hydroxyl groups excluding tert-OH is 1. The Labute approximate surface area is 278 Å². The van der Waals surface area contributed by atoms with Crippen molar-refractivity contribution in [1.29, 1.82) is 0 Å². The van der Waals surface area contributed by atoms with Crippen LogP contribution in [0.1, 0.15) is 58.4 Å². The summed E-state index contributed by atoms with van der Waals surface area (Å²) in [6, 6.07) is 4.62. The van der Waals surface area contributed by atoms with Gasteiger partial charge in [-0.3, -0.25) is 4.79 Å². The second-order valence-electron chi connectivity index (χ2n) is 13.4. The van der Waals surface area contributed by atoms with Gasteiger partial charge in [0.1, 0.15) is 18.0 Å². The van der Waals surface area contributed by atoms with Crippen LogP contribution in [-0.4, -0.2) is 117 Å². The monoisotopic (exact) mass is 678 g/mol. The number of hydrogen-bond acceptors (Lipinski definition) is 9. The van der Waals surface area contributed by atoms with Gasteiger partial charge >= 0.3 is 12.1 Å². The lowest BCUT2D eigenvalue weighted by Gasteiger charge is -2.33. The molecule has 11 nitrogen and oxygen atoms in total. The fourth-order valence-corrected chi connectivity index (χ4v) is 7.20. The minimum absolute atomic E-state index is 0.00253. The molecule has 0 saturated carbocycles. The zero-order valence-electron chi connectivity index (χ0n) is 28.2. The number of cyclic esters (lactones) is 1. The van der Waals surface area contributed by atoms with Crippen molar-refractivity contribution in [2.75, 3.05) is 57.9 Å². The Balaban J connectivity index is 1.51. The Morgan fingerprint density at radius 2 is 1.72 bits per heavy atom. The number of esters is 1. The van der Waals surface area contributed by atoms with Crippen LogP contribution < -0.4 is 5.32 Å². The number of rotatable bonds is 6. The van der Waals surface area contributed by atoms with E-state index in [1.54, 1.807) is 11.0 Å². The molecule has 2 N–H and O–H groups in total. The Morgan fingerprint density at radius 1 is 1.04 bits per heavy atom. The zero-order valence-corrected chi connectivity index (χ0v) is 29.0. The maximum absolute atomic E-state index is 14.8. The van der Waals surface area contributed by atoms with E-state index in [1.165, 1.54) is 22.7 Å². The van der Waals surface area contributed by atoms with Crippen molar-refractivity contribution in [3.05, 3.63) is 47.3 Å². The number of nitrogens with zero attached hydrogens (tertiary/aromatic N) is 3. The molecule has 262 valence electrons. The highest BCUT2D eigenvalue weighted by Gasteiger charge is 2.29. The van der Waals surface area contributed by atoms with Gasteiger partial charge in [0.15, 0.2) is 0 Å². The molecule has 13 heteroatoms. The third-order valence-corrected chi connectivity index (χ3v) is 10.6. The van der Waals surface area contributed by atoms with Gasteiger partial charge < -0.3 is 29.7 Å². The number of benzene rings is 1. The molecule has 0 spiro atoms. The molecule has 1 amide bonds. The number of ether oxygens (including phenoxy) is 2. The van der Waals surface area contributed by atoms with Crippen LogP contribution in [0.4, 0.5) is 14.9 Å². The summed E-state index contributed by atoms with van der Waals surface area (Å²) in [5, 5.41) is 14.0. The molecule has 0 aliphatic carbocycles. The topological polar surface area (TPSA) is 129 Å². The Kier molecular flexibility index (Phi) is 12.9. The van der Waals surface area contributed by atoms with Crippen LogP contribution in [0, 0.1) is 17.7 Å². The van der Waals surface area contributed by atoms with E-state index in [4.69, 9.17) is 9.47 Å². The first-order valence-electron chi connectivity index (χ1n) is 16.6. The number of halogens is 1. The van der Waals surface area contributed by atoms with E-state index in [1.807, 2.05) is 46.0 Å². The largest absolute Gasteiger partial charge is 0.457 e. The molecule has 2 saturated heterocycles. The van der Waals surface area contributed by atoms with Crippen LogP contribution in [0.3, 0.4) is 0 Å². The number of piperidine rings is 1. The Hall–Kier alpha value is -3.00. The molecule has 1 aromatic rings. The molecule has 0 bridgehead atoms. The highest BCUT2D eigenvalue weighted by atomic mass is 32.2. The molecule has 2 fully saturated rings. The van der Waals surface area contributed by atoms with Crippen molar-refractivity contribution < 1.29 is 37.0 Å². The second kappa shape index (κ2) is 16.4. The van der Waals surface area contributed by atoms with Crippen molar-refractivity contribution in [2.24, 2.45) is 11.8 Å². The van der Waals surface area contributed by atoms with Gasteiger partial charge in [-0.25, -0.2) is 21.9 Å². The number of likely N-dealkylation sites (N-methyl/N-ethyl adjacent to an activating group) is 1. The van der Waals surface area contributed by atoms with Crippen LogP contribution in [0.15, 0.2) is 35.9 Å². The normalized spacial score (nSPS) is 28.9. The molecule has 0 aromatic heterocycles. The quantitative estimate of drug-likeness (QED) is 0.338. The first-order valence-corrected chi connectivity index (χ1v) is 18.4.